The van der Waals surface area contributed by atoms with E-state index in [0.717, 1.165) is 6.54 Å². The van der Waals surface area contributed by atoms with Crippen LogP contribution >= 0.6 is 0 Å². The largest absolute Gasteiger partial charge is 0.487 e. The Labute approximate surface area is 124 Å². The molecule has 0 saturated carbocycles. The second-order valence-electron chi connectivity index (χ2n) is 4.83. The fourth-order valence-electron chi connectivity index (χ4n) is 1.65. The summed E-state index contributed by atoms with van der Waals surface area (Å²) < 4.78 is 5.36. The van der Waals surface area contributed by atoms with Gasteiger partial charge in [-0.05, 0) is 26.6 Å². The standard InChI is InChI=1S/C14H21N3O4/c1-16(2)10-9-15-14(18)8-5-11-21-13-7-4-3-6-12(13)17(19)20/h3-4,6-7H,5,8-11H2,1-2H3,(H,15,18). The van der Waals surface area contributed by atoms with Crippen LogP contribution < -0.4 is 10.1 Å². The van der Waals surface area contributed by atoms with E-state index in [1.165, 1.54) is 6.07 Å². The molecule has 1 amide bonds. The lowest BCUT2D eigenvalue weighted by atomic mass is 10.3. The van der Waals surface area contributed by atoms with Crippen LogP contribution in [0.25, 0.3) is 0 Å². The number of carbonyl (C=O) groups is 1. The number of para-hydroxylation sites is 2. The number of nitro groups is 1. The molecule has 0 saturated heterocycles. The number of carbonyl (C=O) groups excluding carboxylic acids is 1. The molecule has 1 aromatic carbocycles. The maximum atomic E-state index is 11.5. The Morgan fingerprint density at radius 2 is 2.10 bits per heavy atom. The normalized spacial score (nSPS) is 10.4. The van der Waals surface area contributed by atoms with Gasteiger partial charge in [0.05, 0.1) is 11.5 Å². The number of ether oxygens (including phenoxy) is 1. The lowest BCUT2D eigenvalue weighted by molar-refractivity contribution is -0.385. The highest BCUT2D eigenvalue weighted by Gasteiger charge is 2.13. The number of nitro benzene ring substituents is 1. The minimum Gasteiger partial charge on any atom is -0.487 e. The fourth-order valence-corrected chi connectivity index (χ4v) is 1.65. The van der Waals surface area contributed by atoms with Gasteiger partial charge in [0.1, 0.15) is 0 Å². The van der Waals surface area contributed by atoms with E-state index < -0.39 is 4.92 Å². The first-order valence-electron chi connectivity index (χ1n) is 6.78. The van der Waals surface area contributed by atoms with Gasteiger partial charge in [-0.15, -0.1) is 0 Å². The van der Waals surface area contributed by atoms with Gasteiger partial charge in [-0.2, -0.15) is 0 Å². The number of hydrogen-bond acceptors (Lipinski definition) is 5. The number of benzene rings is 1. The summed E-state index contributed by atoms with van der Waals surface area (Å²) in [4.78, 5) is 23.8. The van der Waals surface area contributed by atoms with Gasteiger partial charge in [-0.25, -0.2) is 0 Å². The van der Waals surface area contributed by atoms with Crippen molar-refractivity contribution in [2.75, 3.05) is 33.8 Å². The highest BCUT2D eigenvalue weighted by Crippen LogP contribution is 2.25. The zero-order valence-electron chi connectivity index (χ0n) is 12.4. The zero-order valence-corrected chi connectivity index (χ0v) is 12.4. The molecular weight excluding hydrogens is 274 g/mol. The van der Waals surface area contributed by atoms with Gasteiger partial charge < -0.3 is 15.0 Å². The summed E-state index contributed by atoms with van der Waals surface area (Å²) in [5.74, 6) is 0.193. The predicted octanol–water partition coefficient (Wildman–Crippen LogP) is 1.43. The third-order valence-corrected chi connectivity index (χ3v) is 2.75. The highest BCUT2D eigenvalue weighted by atomic mass is 16.6. The van der Waals surface area contributed by atoms with E-state index in [9.17, 15) is 14.9 Å². The molecule has 0 aliphatic carbocycles. The number of nitrogens with one attached hydrogen (secondary N) is 1. The maximum absolute atomic E-state index is 11.5. The summed E-state index contributed by atoms with van der Waals surface area (Å²) in [6, 6.07) is 6.21. The minimum atomic E-state index is -0.483. The molecule has 0 aromatic heterocycles. The Morgan fingerprint density at radius 1 is 1.38 bits per heavy atom. The van der Waals surface area contributed by atoms with E-state index in [0.29, 0.717) is 19.4 Å². The van der Waals surface area contributed by atoms with Crippen molar-refractivity contribution in [3.05, 3.63) is 34.4 Å². The fraction of sp³-hybridized carbons (Fsp3) is 0.500. The lowest BCUT2D eigenvalue weighted by Gasteiger charge is -2.10. The van der Waals surface area contributed by atoms with E-state index in [-0.39, 0.29) is 24.0 Å². The topological polar surface area (TPSA) is 84.7 Å². The molecule has 0 atom stereocenters. The molecule has 21 heavy (non-hydrogen) atoms. The van der Waals surface area contributed by atoms with Crippen molar-refractivity contribution < 1.29 is 14.5 Å². The van der Waals surface area contributed by atoms with Crippen LogP contribution in [0.1, 0.15) is 12.8 Å². The van der Waals surface area contributed by atoms with Crippen LogP contribution in [0.2, 0.25) is 0 Å². The molecule has 7 nitrogen and oxygen atoms in total. The third kappa shape index (κ3) is 6.71. The molecule has 0 unspecified atom stereocenters. The first kappa shape index (κ1) is 16.9. The quantitative estimate of drug-likeness (QED) is 0.423. The van der Waals surface area contributed by atoms with Crippen LogP contribution in [0.15, 0.2) is 24.3 Å². The van der Waals surface area contributed by atoms with E-state index in [1.54, 1.807) is 18.2 Å². The molecule has 116 valence electrons. The van der Waals surface area contributed by atoms with E-state index in [1.807, 2.05) is 19.0 Å². The second kappa shape index (κ2) is 8.91. The highest BCUT2D eigenvalue weighted by molar-refractivity contribution is 5.75. The monoisotopic (exact) mass is 295 g/mol. The molecule has 1 N–H and O–H groups in total. The summed E-state index contributed by atoms with van der Waals surface area (Å²) in [5.41, 5.74) is -0.0621. The number of nitrogens with zero attached hydrogens (tertiary/aromatic N) is 2. The number of likely N-dealkylation sites (N-methyl/N-ethyl adjacent to an activating group) is 1. The molecule has 0 bridgehead atoms. The van der Waals surface area contributed by atoms with Crippen molar-refractivity contribution in [1.82, 2.24) is 10.2 Å². The van der Waals surface area contributed by atoms with Crippen LogP contribution in [0.5, 0.6) is 5.75 Å². The van der Waals surface area contributed by atoms with Crippen LogP contribution in [0, 0.1) is 10.1 Å². The van der Waals surface area contributed by atoms with E-state index in [2.05, 4.69) is 5.32 Å². The van der Waals surface area contributed by atoms with Gasteiger partial charge in [-0.1, -0.05) is 12.1 Å². The minimum absolute atomic E-state index is 0.0389. The molecule has 0 aliphatic heterocycles. The Bertz CT molecular complexity index is 477. The molecule has 0 fully saturated rings. The van der Waals surface area contributed by atoms with Crippen molar-refractivity contribution in [1.29, 1.82) is 0 Å². The van der Waals surface area contributed by atoms with Crippen LogP contribution in [-0.4, -0.2) is 49.5 Å². The number of rotatable bonds is 9. The summed E-state index contributed by atoms with van der Waals surface area (Å²) in [6.45, 7) is 1.67. The smallest absolute Gasteiger partial charge is 0.310 e. The third-order valence-electron chi connectivity index (χ3n) is 2.75. The van der Waals surface area contributed by atoms with Crippen LogP contribution in [-0.2, 0) is 4.79 Å². The number of hydrogen-bond donors (Lipinski definition) is 1. The summed E-state index contributed by atoms with van der Waals surface area (Å²) >= 11 is 0. The van der Waals surface area contributed by atoms with Gasteiger partial charge in [0, 0.05) is 25.6 Å². The molecule has 0 aliphatic rings. The van der Waals surface area contributed by atoms with Crippen LogP contribution in [0.3, 0.4) is 0 Å². The van der Waals surface area contributed by atoms with Gasteiger partial charge in [0.2, 0.25) is 5.91 Å². The Morgan fingerprint density at radius 3 is 2.76 bits per heavy atom. The zero-order chi connectivity index (χ0) is 15.7. The SMILES string of the molecule is CN(C)CCNC(=O)CCCOc1ccccc1[N+](=O)[O-]. The molecule has 7 heteroatoms. The average Bonchev–Trinajstić information content (AvgIpc) is 2.43. The van der Waals surface area contributed by atoms with Crippen molar-refractivity contribution in [3.63, 3.8) is 0 Å². The first-order chi connectivity index (χ1) is 10.0. The first-order valence-corrected chi connectivity index (χ1v) is 6.78. The molecule has 1 aromatic rings. The Hall–Kier alpha value is -2.15. The van der Waals surface area contributed by atoms with Crippen molar-refractivity contribution in [2.45, 2.75) is 12.8 Å². The van der Waals surface area contributed by atoms with Crippen LogP contribution in [0.4, 0.5) is 5.69 Å². The summed E-state index contributed by atoms with van der Waals surface area (Å²) in [7, 11) is 3.87. The lowest BCUT2D eigenvalue weighted by Crippen LogP contribution is -2.31. The average molecular weight is 295 g/mol. The second-order valence-corrected chi connectivity index (χ2v) is 4.83. The Balaban J connectivity index is 2.25. The molecule has 1 rings (SSSR count). The van der Waals surface area contributed by atoms with Gasteiger partial charge in [0.25, 0.3) is 0 Å². The van der Waals surface area contributed by atoms with E-state index >= 15 is 0 Å². The van der Waals surface area contributed by atoms with Crippen molar-refractivity contribution in [3.8, 4) is 5.75 Å². The predicted molar refractivity (Wildman–Crippen MR) is 79.4 cm³/mol. The van der Waals surface area contributed by atoms with E-state index in [4.69, 9.17) is 4.74 Å². The van der Waals surface area contributed by atoms with Gasteiger partial charge in [0.15, 0.2) is 5.75 Å². The summed E-state index contributed by atoms with van der Waals surface area (Å²) in [6.07, 6.45) is 0.855. The molecule has 0 heterocycles. The molecule has 0 radical (unpaired) electrons. The molecule has 0 spiro atoms. The van der Waals surface area contributed by atoms with Gasteiger partial charge in [-0.3, -0.25) is 14.9 Å². The Kier molecular flexibility index (Phi) is 7.17. The maximum Gasteiger partial charge on any atom is 0.310 e. The van der Waals surface area contributed by atoms with Gasteiger partial charge >= 0.3 is 5.69 Å². The van der Waals surface area contributed by atoms with Crippen molar-refractivity contribution in [2.24, 2.45) is 0 Å². The number of amides is 1. The summed E-state index contributed by atoms with van der Waals surface area (Å²) in [5, 5.41) is 13.6. The molecular formula is C14H21N3O4. The van der Waals surface area contributed by atoms with Crippen molar-refractivity contribution >= 4 is 11.6 Å².